The van der Waals surface area contributed by atoms with Gasteiger partial charge in [-0.2, -0.15) is 10.2 Å². The van der Waals surface area contributed by atoms with E-state index in [4.69, 9.17) is 9.15 Å². The van der Waals surface area contributed by atoms with Crippen molar-refractivity contribution in [2.75, 3.05) is 44.7 Å². The van der Waals surface area contributed by atoms with Crippen LogP contribution in [-0.4, -0.2) is 54.7 Å². The second-order valence-electron chi connectivity index (χ2n) is 6.95. The van der Waals surface area contributed by atoms with Crippen molar-refractivity contribution in [2.24, 2.45) is 0 Å². The molecule has 1 fully saturated rings. The van der Waals surface area contributed by atoms with E-state index < -0.39 is 0 Å². The number of rotatable bonds is 6. The molecule has 2 aromatic heterocycles. The lowest BCUT2D eigenvalue weighted by atomic mass is 10.2. The van der Waals surface area contributed by atoms with E-state index in [1.165, 1.54) is 5.56 Å². The summed E-state index contributed by atoms with van der Waals surface area (Å²) in [5.41, 5.74) is 2.46. The second kappa shape index (κ2) is 8.76. The molecule has 3 aromatic rings. The molecule has 0 saturated carbocycles. The summed E-state index contributed by atoms with van der Waals surface area (Å²) >= 11 is 0. The normalized spacial score (nSPS) is 14.6. The van der Waals surface area contributed by atoms with Gasteiger partial charge in [0.15, 0.2) is 0 Å². The first kappa shape index (κ1) is 19.0. The van der Waals surface area contributed by atoms with Crippen LogP contribution in [0.3, 0.4) is 0 Å². The molecule has 1 aromatic carbocycles. The first-order valence-electron chi connectivity index (χ1n) is 9.68. The molecule has 7 nitrogen and oxygen atoms in total. The van der Waals surface area contributed by atoms with Crippen LogP contribution in [0.15, 0.2) is 53.2 Å². The maximum Gasteiger partial charge on any atom is 0.235 e. The zero-order chi connectivity index (χ0) is 20.1. The average Bonchev–Trinajstić information content (AvgIpc) is 3.23. The van der Waals surface area contributed by atoms with Crippen molar-refractivity contribution in [3.8, 4) is 23.3 Å². The quantitative estimate of drug-likeness (QED) is 0.641. The third kappa shape index (κ3) is 4.39. The van der Waals surface area contributed by atoms with Crippen LogP contribution in [0.2, 0.25) is 0 Å². The monoisotopic (exact) mass is 389 g/mol. The molecule has 0 unspecified atom stereocenters. The molecule has 0 bridgehead atoms. The summed E-state index contributed by atoms with van der Waals surface area (Å²) in [4.78, 5) is 13.0. The predicted molar refractivity (Wildman–Crippen MR) is 110 cm³/mol. The van der Waals surface area contributed by atoms with Gasteiger partial charge in [-0.1, -0.05) is 0 Å². The van der Waals surface area contributed by atoms with Gasteiger partial charge in [-0.3, -0.25) is 9.88 Å². The van der Waals surface area contributed by atoms with Gasteiger partial charge >= 0.3 is 0 Å². The van der Waals surface area contributed by atoms with Gasteiger partial charge in [-0.05, 0) is 48.4 Å². The summed E-state index contributed by atoms with van der Waals surface area (Å²) in [6, 6.07) is 13.8. The predicted octanol–water partition coefficient (Wildman–Crippen LogP) is 2.98. The Balaban J connectivity index is 1.40. The molecule has 0 radical (unpaired) electrons. The van der Waals surface area contributed by atoms with Crippen LogP contribution in [0, 0.1) is 11.3 Å². The summed E-state index contributed by atoms with van der Waals surface area (Å²) in [5, 5.41) is 9.52. The molecule has 1 saturated heterocycles. The van der Waals surface area contributed by atoms with Crippen molar-refractivity contribution < 1.29 is 9.15 Å². The van der Waals surface area contributed by atoms with Crippen LogP contribution in [0.4, 0.5) is 5.88 Å². The lowest BCUT2D eigenvalue weighted by Crippen LogP contribution is -2.47. The van der Waals surface area contributed by atoms with E-state index >= 15 is 0 Å². The number of anilines is 1. The molecule has 0 N–H and O–H groups in total. The smallest absolute Gasteiger partial charge is 0.235 e. The second-order valence-corrected chi connectivity index (χ2v) is 6.95. The van der Waals surface area contributed by atoms with E-state index in [0.29, 0.717) is 17.5 Å². The van der Waals surface area contributed by atoms with Gasteiger partial charge in [0.05, 0.1) is 7.11 Å². The first-order chi connectivity index (χ1) is 14.3. The van der Waals surface area contributed by atoms with Crippen molar-refractivity contribution in [3.05, 3.63) is 60.0 Å². The summed E-state index contributed by atoms with van der Waals surface area (Å²) in [5.74, 6) is 1.79. The molecular formula is C22H23N5O2. The fraction of sp³-hybridized carbons (Fsp3) is 0.318. The van der Waals surface area contributed by atoms with Gasteiger partial charge < -0.3 is 14.1 Å². The number of nitrogens with zero attached hydrogens (tertiary/aromatic N) is 5. The lowest BCUT2D eigenvalue weighted by molar-refractivity contribution is 0.257. The van der Waals surface area contributed by atoms with E-state index in [9.17, 15) is 5.26 Å². The van der Waals surface area contributed by atoms with Crippen LogP contribution in [-0.2, 0) is 6.42 Å². The largest absolute Gasteiger partial charge is 0.497 e. The number of hydrogen-bond acceptors (Lipinski definition) is 7. The number of methoxy groups -OCH3 is 1. The highest BCUT2D eigenvalue weighted by Crippen LogP contribution is 2.29. The molecule has 0 amide bonds. The Morgan fingerprint density at radius 2 is 1.79 bits per heavy atom. The zero-order valence-electron chi connectivity index (χ0n) is 16.4. The van der Waals surface area contributed by atoms with E-state index in [1.54, 1.807) is 7.11 Å². The third-order valence-electron chi connectivity index (χ3n) is 5.18. The highest BCUT2D eigenvalue weighted by Gasteiger charge is 2.24. The van der Waals surface area contributed by atoms with E-state index in [1.807, 2.05) is 36.7 Å². The molecule has 0 spiro atoms. The topological polar surface area (TPSA) is 78.4 Å². The van der Waals surface area contributed by atoms with E-state index in [-0.39, 0.29) is 0 Å². The number of ether oxygens (including phenoxy) is 1. The van der Waals surface area contributed by atoms with Gasteiger partial charge in [-0.15, -0.1) is 0 Å². The molecule has 7 heteroatoms. The van der Waals surface area contributed by atoms with Gasteiger partial charge in [0, 0.05) is 50.7 Å². The summed E-state index contributed by atoms with van der Waals surface area (Å²) in [6.07, 6.45) is 4.68. The SMILES string of the molecule is COc1ccc(-c2nc(C#N)c(N3CCN(CCc4ccncc4)CC3)o2)cc1. The minimum absolute atomic E-state index is 0.334. The molecule has 4 rings (SSSR count). The molecule has 0 atom stereocenters. The Morgan fingerprint density at radius 1 is 1.07 bits per heavy atom. The van der Waals surface area contributed by atoms with Crippen LogP contribution >= 0.6 is 0 Å². The van der Waals surface area contributed by atoms with Crippen LogP contribution in [0.1, 0.15) is 11.3 Å². The molecule has 148 valence electrons. The van der Waals surface area contributed by atoms with Crippen molar-refractivity contribution >= 4 is 5.88 Å². The number of benzene rings is 1. The number of oxazole rings is 1. The zero-order valence-corrected chi connectivity index (χ0v) is 16.4. The Kier molecular flexibility index (Phi) is 5.73. The summed E-state index contributed by atoms with van der Waals surface area (Å²) in [7, 11) is 1.63. The van der Waals surface area contributed by atoms with Crippen LogP contribution < -0.4 is 9.64 Å². The Bertz CT molecular complexity index is 971. The maximum absolute atomic E-state index is 9.52. The lowest BCUT2D eigenvalue weighted by Gasteiger charge is -2.34. The highest BCUT2D eigenvalue weighted by atomic mass is 16.5. The van der Waals surface area contributed by atoms with Crippen molar-refractivity contribution in [3.63, 3.8) is 0 Å². The molecule has 29 heavy (non-hydrogen) atoms. The number of pyridine rings is 1. The first-order valence-corrected chi connectivity index (χ1v) is 9.68. The van der Waals surface area contributed by atoms with Crippen molar-refractivity contribution in [2.45, 2.75) is 6.42 Å². The minimum atomic E-state index is 0.334. The van der Waals surface area contributed by atoms with Gasteiger partial charge in [-0.25, -0.2) is 0 Å². The van der Waals surface area contributed by atoms with E-state index in [0.717, 1.165) is 50.5 Å². The average molecular weight is 389 g/mol. The minimum Gasteiger partial charge on any atom is -0.497 e. The molecule has 0 aliphatic carbocycles. The molecule has 1 aliphatic rings. The summed E-state index contributed by atoms with van der Waals surface area (Å²) in [6.45, 7) is 4.48. The Hall–Kier alpha value is -3.37. The number of nitriles is 1. The fourth-order valence-corrected chi connectivity index (χ4v) is 3.47. The fourth-order valence-electron chi connectivity index (χ4n) is 3.47. The molecular weight excluding hydrogens is 366 g/mol. The van der Waals surface area contributed by atoms with Crippen molar-refractivity contribution in [1.29, 1.82) is 5.26 Å². The highest BCUT2D eigenvalue weighted by molar-refractivity contribution is 5.60. The molecule has 1 aliphatic heterocycles. The third-order valence-corrected chi connectivity index (χ3v) is 5.18. The molecule has 3 heterocycles. The van der Waals surface area contributed by atoms with Crippen LogP contribution in [0.5, 0.6) is 5.75 Å². The standard InChI is InChI=1S/C22H23N5O2/c1-28-19-4-2-18(3-5-19)21-25-20(16-23)22(29-21)27-14-12-26(13-15-27)11-8-17-6-9-24-10-7-17/h2-7,9-10H,8,11-15H2,1H3. The Labute approximate surface area is 170 Å². The Morgan fingerprint density at radius 3 is 2.45 bits per heavy atom. The number of piperazine rings is 1. The van der Waals surface area contributed by atoms with Gasteiger partial charge in [0.2, 0.25) is 17.5 Å². The summed E-state index contributed by atoms with van der Waals surface area (Å²) < 4.78 is 11.2. The maximum atomic E-state index is 9.52. The van der Waals surface area contributed by atoms with Gasteiger partial charge in [0.1, 0.15) is 11.8 Å². The van der Waals surface area contributed by atoms with Gasteiger partial charge in [0.25, 0.3) is 0 Å². The van der Waals surface area contributed by atoms with Crippen molar-refractivity contribution in [1.82, 2.24) is 14.9 Å². The van der Waals surface area contributed by atoms with E-state index in [2.05, 4.69) is 38.0 Å². The van der Waals surface area contributed by atoms with Crippen LogP contribution in [0.25, 0.3) is 11.5 Å². The number of hydrogen-bond donors (Lipinski definition) is 0. The number of aromatic nitrogens is 2.